The Morgan fingerprint density at radius 1 is 1.56 bits per heavy atom. The zero-order chi connectivity index (χ0) is 12.2. The van der Waals surface area contributed by atoms with Crippen molar-refractivity contribution in [3.05, 3.63) is 28.8 Å². The van der Waals surface area contributed by atoms with E-state index < -0.39 is 5.54 Å². The van der Waals surface area contributed by atoms with Crippen LogP contribution in [0.2, 0.25) is 5.02 Å². The number of nitriles is 1. The van der Waals surface area contributed by atoms with Crippen molar-refractivity contribution in [2.45, 2.75) is 25.3 Å². The van der Waals surface area contributed by atoms with Gasteiger partial charge in [0.2, 0.25) is 0 Å². The highest BCUT2D eigenvalue weighted by Gasteiger charge is 2.17. The number of halogens is 1. The molecule has 0 saturated heterocycles. The van der Waals surface area contributed by atoms with E-state index in [0.717, 1.165) is 11.3 Å². The maximum atomic E-state index is 8.82. The summed E-state index contributed by atoms with van der Waals surface area (Å²) in [5, 5.41) is 9.48. The van der Waals surface area contributed by atoms with Crippen molar-refractivity contribution in [3.8, 4) is 11.8 Å². The second-order valence-electron chi connectivity index (χ2n) is 3.99. The van der Waals surface area contributed by atoms with Crippen molar-refractivity contribution in [1.82, 2.24) is 0 Å². The second-order valence-corrected chi connectivity index (χ2v) is 4.42. The van der Waals surface area contributed by atoms with Gasteiger partial charge in [-0.05, 0) is 43.5 Å². The van der Waals surface area contributed by atoms with Gasteiger partial charge in [-0.2, -0.15) is 5.26 Å². The molecule has 2 N–H and O–H groups in total. The highest BCUT2D eigenvalue weighted by molar-refractivity contribution is 6.30. The molecular formula is C12H15ClN2O. The SMILES string of the molecule is COc1ccc(Cl)cc1CCC(C)(N)C#N. The normalized spacial score (nSPS) is 13.9. The van der Waals surface area contributed by atoms with E-state index in [1.807, 2.05) is 12.1 Å². The topological polar surface area (TPSA) is 59.0 Å². The number of hydrogen-bond acceptors (Lipinski definition) is 3. The van der Waals surface area contributed by atoms with Gasteiger partial charge >= 0.3 is 0 Å². The molecule has 1 aromatic carbocycles. The van der Waals surface area contributed by atoms with Crippen molar-refractivity contribution < 1.29 is 4.74 Å². The van der Waals surface area contributed by atoms with Crippen LogP contribution in [0.3, 0.4) is 0 Å². The lowest BCUT2D eigenvalue weighted by molar-refractivity contribution is 0.407. The number of aryl methyl sites for hydroxylation is 1. The molecule has 0 aromatic heterocycles. The average molecular weight is 239 g/mol. The Morgan fingerprint density at radius 2 is 2.25 bits per heavy atom. The smallest absolute Gasteiger partial charge is 0.122 e. The van der Waals surface area contributed by atoms with Crippen LogP contribution in [-0.4, -0.2) is 12.6 Å². The van der Waals surface area contributed by atoms with Crippen LogP contribution in [-0.2, 0) is 6.42 Å². The number of hydrogen-bond donors (Lipinski definition) is 1. The minimum atomic E-state index is -0.812. The standard InChI is InChI=1S/C12H15ClN2O/c1-12(15,8-14)6-5-9-7-10(13)3-4-11(9)16-2/h3-4,7H,5-6,15H2,1-2H3. The Balaban J connectivity index is 2.81. The zero-order valence-corrected chi connectivity index (χ0v) is 10.2. The zero-order valence-electron chi connectivity index (χ0n) is 9.46. The van der Waals surface area contributed by atoms with Crippen LogP contribution in [0.1, 0.15) is 18.9 Å². The van der Waals surface area contributed by atoms with Gasteiger partial charge in [-0.15, -0.1) is 0 Å². The van der Waals surface area contributed by atoms with E-state index in [-0.39, 0.29) is 0 Å². The molecule has 1 unspecified atom stereocenters. The first-order chi connectivity index (χ1) is 7.48. The highest BCUT2D eigenvalue weighted by Crippen LogP contribution is 2.25. The maximum Gasteiger partial charge on any atom is 0.122 e. The molecule has 0 heterocycles. The molecule has 3 nitrogen and oxygen atoms in total. The van der Waals surface area contributed by atoms with Crippen molar-refractivity contribution in [2.24, 2.45) is 5.73 Å². The fraction of sp³-hybridized carbons (Fsp3) is 0.417. The number of nitrogens with two attached hydrogens (primary N) is 1. The summed E-state index contributed by atoms with van der Waals surface area (Å²) in [4.78, 5) is 0. The molecule has 0 saturated carbocycles. The summed E-state index contributed by atoms with van der Waals surface area (Å²) in [7, 11) is 1.61. The van der Waals surface area contributed by atoms with Gasteiger partial charge in [0.05, 0.1) is 13.2 Å². The van der Waals surface area contributed by atoms with E-state index in [1.165, 1.54) is 0 Å². The summed E-state index contributed by atoms with van der Waals surface area (Å²) in [5.41, 5.74) is 5.92. The van der Waals surface area contributed by atoms with Crippen molar-refractivity contribution in [1.29, 1.82) is 5.26 Å². The van der Waals surface area contributed by atoms with Crippen LogP contribution in [0.25, 0.3) is 0 Å². The molecule has 0 aliphatic heterocycles. The summed E-state index contributed by atoms with van der Waals surface area (Å²) in [6, 6.07) is 7.50. The molecule has 4 heteroatoms. The monoisotopic (exact) mass is 238 g/mol. The van der Waals surface area contributed by atoms with Crippen LogP contribution in [0, 0.1) is 11.3 Å². The molecule has 0 aliphatic rings. The van der Waals surface area contributed by atoms with E-state index in [1.54, 1.807) is 20.1 Å². The van der Waals surface area contributed by atoms with E-state index in [2.05, 4.69) is 6.07 Å². The van der Waals surface area contributed by atoms with E-state index in [4.69, 9.17) is 27.3 Å². The van der Waals surface area contributed by atoms with Gasteiger partial charge in [0.1, 0.15) is 11.3 Å². The molecule has 1 aromatic rings. The molecule has 0 spiro atoms. The second kappa shape index (κ2) is 5.20. The minimum Gasteiger partial charge on any atom is -0.496 e. The molecular weight excluding hydrogens is 224 g/mol. The van der Waals surface area contributed by atoms with Gasteiger partial charge in [-0.3, -0.25) is 0 Å². The van der Waals surface area contributed by atoms with Crippen molar-refractivity contribution in [3.63, 3.8) is 0 Å². The first-order valence-electron chi connectivity index (χ1n) is 5.01. The summed E-state index contributed by atoms with van der Waals surface area (Å²) in [5.74, 6) is 0.776. The fourth-order valence-electron chi connectivity index (χ4n) is 1.39. The lowest BCUT2D eigenvalue weighted by Crippen LogP contribution is -2.34. The molecule has 86 valence electrons. The largest absolute Gasteiger partial charge is 0.496 e. The number of nitrogens with zero attached hydrogens (tertiary/aromatic N) is 1. The number of benzene rings is 1. The Bertz CT molecular complexity index is 410. The number of ether oxygens (including phenoxy) is 1. The first-order valence-corrected chi connectivity index (χ1v) is 5.39. The van der Waals surface area contributed by atoms with Gasteiger partial charge in [-0.1, -0.05) is 11.6 Å². The molecule has 16 heavy (non-hydrogen) atoms. The number of methoxy groups -OCH3 is 1. The maximum absolute atomic E-state index is 8.82. The van der Waals surface area contributed by atoms with Crippen LogP contribution >= 0.6 is 11.6 Å². The van der Waals surface area contributed by atoms with Crippen molar-refractivity contribution >= 4 is 11.6 Å². The van der Waals surface area contributed by atoms with Crippen molar-refractivity contribution in [2.75, 3.05) is 7.11 Å². The third-order valence-electron chi connectivity index (χ3n) is 2.41. The molecule has 1 atom stereocenters. The Labute approximate surface area is 101 Å². The van der Waals surface area contributed by atoms with Gasteiger partial charge in [-0.25, -0.2) is 0 Å². The Morgan fingerprint density at radius 3 is 2.81 bits per heavy atom. The molecule has 0 radical (unpaired) electrons. The summed E-state index contributed by atoms with van der Waals surface area (Å²) in [6.45, 7) is 1.71. The first kappa shape index (κ1) is 12.8. The highest BCUT2D eigenvalue weighted by atomic mass is 35.5. The van der Waals surface area contributed by atoms with E-state index in [9.17, 15) is 0 Å². The predicted octanol–water partition coefficient (Wildman–Crippen LogP) is 2.52. The van der Waals surface area contributed by atoms with Gasteiger partial charge in [0.25, 0.3) is 0 Å². The van der Waals surface area contributed by atoms with E-state index in [0.29, 0.717) is 17.9 Å². The molecule has 0 aliphatic carbocycles. The van der Waals surface area contributed by atoms with Gasteiger partial charge in [0, 0.05) is 5.02 Å². The predicted molar refractivity (Wildman–Crippen MR) is 64.5 cm³/mol. The lowest BCUT2D eigenvalue weighted by atomic mass is 9.95. The Kier molecular flexibility index (Phi) is 4.17. The van der Waals surface area contributed by atoms with Crippen LogP contribution in [0.5, 0.6) is 5.75 Å². The third kappa shape index (κ3) is 3.41. The average Bonchev–Trinajstić information content (AvgIpc) is 2.27. The molecule has 1 rings (SSSR count). The fourth-order valence-corrected chi connectivity index (χ4v) is 1.59. The van der Waals surface area contributed by atoms with Gasteiger partial charge in [0.15, 0.2) is 0 Å². The Hall–Kier alpha value is -1.24. The van der Waals surface area contributed by atoms with E-state index >= 15 is 0 Å². The summed E-state index contributed by atoms with van der Waals surface area (Å²) >= 11 is 5.91. The third-order valence-corrected chi connectivity index (χ3v) is 2.65. The van der Waals surface area contributed by atoms with Crippen LogP contribution < -0.4 is 10.5 Å². The quantitative estimate of drug-likeness (QED) is 0.877. The molecule has 0 fully saturated rings. The van der Waals surface area contributed by atoms with Crippen LogP contribution in [0.15, 0.2) is 18.2 Å². The van der Waals surface area contributed by atoms with Crippen LogP contribution in [0.4, 0.5) is 0 Å². The summed E-state index contributed by atoms with van der Waals surface area (Å²) in [6.07, 6.45) is 1.24. The minimum absolute atomic E-state index is 0.570. The molecule has 0 bridgehead atoms. The van der Waals surface area contributed by atoms with Gasteiger partial charge < -0.3 is 10.5 Å². The number of rotatable bonds is 4. The summed E-state index contributed by atoms with van der Waals surface area (Å²) < 4.78 is 5.22. The molecule has 0 amide bonds. The lowest BCUT2D eigenvalue weighted by Gasteiger charge is -2.16.